The summed E-state index contributed by atoms with van der Waals surface area (Å²) in [5.41, 5.74) is 10.3. The number of aromatic nitrogens is 5. The van der Waals surface area contributed by atoms with Crippen molar-refractivity contribution < 1.29 is 4.39 Å². The van der Waals surface area contributed by atoms with Crippen molar-refractivity contribution in [2.75, 3.05) is 18.8 Å². The van der Waals surface area contributed by atoms with Crippen LogP contribution in [0.2, 0.25) is 0 Å². The molecule has 3 aromatic heterocycles. The number of imidazole rings is 1. The van der Waals surface area contributed by atoms with Crippen LogP contribution in [0.15, 0.2) is 48.2 Å². The lowest BCUT2D eigenvalue weighted by Crippen LogP contribution is -2.34. The molecule has 0 atom stereocenters. The second kappa shape index (κ2) is 9.36. The van der Waals surface area contributed by atoms with Crippen LogP contribution in [0.25, 0.3) is 22.6 Å². The highest BCUT2D eigenvalue weighted by molar-refractivity contribution is 7.09. The number of anilines is 1. The number of benzene rings is 1. The summed E-state index contributed by atoms with van der Waals surface area (Å²) in [7, 11) is 0. The van der Waals surface area contributed by atoms with E-state index in [-0.39, 0.29) is 17.8 Å². The molecule has 7 nitrogen and oxygen atoms in total. The van der Waals surface area contributed by atoms with E-state index in [0.717, 1.165) is 61.5 Å². The Hall–Kier alpha value is -3.17. The summed E-state index contributed by atoms with van der Waals surface area (Å²) in [4.78, 5) is 20.4. The van der Waals surface area contributed by atoms with E-state index >= 15 is 0 Å². The van der Waals surface area contributed by atoms with Gasteiger partial charge in [0, 0.05) is 36.3 Å². The van der Waals surface area contributed by atoms with Crippen molar-refractivity contribution in [2.24, 2.45) is 0 Å². The molecule has 0 unspecified atom stereocenters. The molecule has 33 heavy (non-hydrogen) atoms. The van der Waals surface area contributed by atoms with E-state index in [1.807, 2.05) is 12.4 Å². The van der Waals surface area contributed by atoms with E-state index in [1.54, 1.807) is 29.7 Å². The number of piperidine rings is 1. The predicted molar refractivity (Wildman–Crippen MR) is 128 cm³/mol. The van der Waals surface area contributed by atoms with Gasteiger partial charge in [0.2, 0.25) is 5.95 Å². The monoisotopic (exact) mass is 463 g/mol. The summed E-state index contributed by atoms with van der Waals surface area (Å²) < 4.78 is 15.7. The zero-order valence-corrected chi connectivity index (χ0v) is 19.3. The van der Waals surface area contributed by atoms with Gasteiger partial charge < -0.3 is 10.3 Å². The van der Waals surface area contributed by atoms with Gasteiger partial charge in [0.25, 0.3) is 0 Å². The Morgan fingerprint density at radius 2 is 1.88 bits per heavy atom. The molecule has 0 aliphatic carbocycles. The Bertz CT molecular complexity index is 1230. The Morgan fingerprint density at radius 3 is 2.58 bits per heavy atom. The molecule has 2 N–H and O–H groups in total. The Labute approximate surface area is 196 Å². The van der Waals surface area contributed by atoms with Crippen LogP contribution in [0.3, 0.4) is 0 Å². The summed E-state index contributed by atoms with van der Waals surface area (Å²) in [6.07, 6.45) is 6.51. The third-order valence-corrected chi connectivity index (χ3v) is 6.98. The van der Waals surface area contributed by atoms with Gasteiger partial charge in [0.05, 0.1) is 35.6 Å². The Morgan fingerprint density at radius 1 is 1.09 bits per heavy atom. The molecule has 0 amide bonds. The molecule has 0 saturated carbocycles. The van der Waals surface area contributed by atoms with Crippen LogP contribution in [0, 0.1) is 5.82 Å². The zero-order chi connectivity index (χ0) is 22.8. The lowest BCUT2D eigenvalue weighted by atomic mass is 10.0. The number of hydrogen-bond acceptors (Lipinski definition) is 7. The third kappa shape index (κ3) is 4.65. The van der Waals surface area contributed by atoms with Gasteiger partial charge in [0.1, 0.15) is 10.8 Å². The molecule has 1 aliphatic heterocycles. The first-order chi connectivity index (χ1) is 16.1. The molecule has 170 valence electrons. The minimum atomic E-state index is -0.273. The maximum absolute atomic E-state index is 13.5. The van der Waals surface area contributed by atoms with E-state index in [1.165, 1.54) is 22.8 Å². The van der Waals surface area contributed by atoms with Crippen molar-refractivity contribution in [1.82, 2.24) is 29.4 Å². The smallest absolute Gasteiger partial charge is 0.220 e. The van der Waals surface area contributed by atoms with Gasteiger partial charge in [-0.25, -0.2) is 24.3 Å². The molecule has 1 aromatic carbocycles. The lowest BCUT2D eigenvalue weighted by molar-refractivity contribution is 0.180. The molecular formula is C24H26FN7S. The normalized spacial score (nSPS) is 15.2. The fourth-order valence-electron chi connectivity index (χ4n) is 4.35. The average molecular weight is 464 g/mol. The SMILES string of the molecule is CCc1csc(CN2CCC(n3cnc(-c4ccc(F)cc4)c3-c3ccnc(N)n3)CC2)n1. The molecule has 0 bridgehead atoms. The van der Waals surface area contributed by atoms with Crippen molar-refractivity contribution in [1.29, 1.82) is 0 Å². The van der Waals surface area contributed by atoms with Gasteiger partial charge in [-0.15, -0.1) is 11.3 Å². The van der Waals surface area contributed by atoms with Gasteiger partial charge in [-0.1, -0.05) is 6.92 Å². The summed E-state index contributed by atoms with van der Waals surface area (Å²) in [5, 5.41) is 3.34. The van der Waals surface area contributed by atoms with Crippen LogP contribution in [-0.2, 0) is 13.0 Å². The highest BCUT2D eigenvalue weighted by atomic mass is 32.1. The summed E-state index contributed by atoms with van der Waals surface area (Å²) >= 11 is 1.75. The predicted octanol–water partition coefficient (Wildman–Crippen LogP) is 4.58. The summed E-state index contributed by atoms with van der Waals surface area (Å²) in [6, 6.07) is 8.53. The third-order valence-electron chi connectivity index (χ3n) is 6.10. The number of thiazole rings is 1. The first-order valence-corrected chi connectivity index (χ1v) is 12.1. The molecule has 1 aliphatic rings. The number of nitrogens with two attached hydrogens (primary N) is 1. The Kier molecular flexibility index (Phi) is 6.15. The minimum Gasteiger partial charge on any atom is -0.368 e. The fourth-order valence-corrected chi connectivity index (χ4v) is 5.27. The number of nitrogen functional groups attached to an aromatic ring is 1. The second-order valence-corrected chi connectivity index (χ2v) is 9.19. The van der Waals surface area contributed by atoms with Gasteiger partial charge in [-0.3, -0.25) is 4.90 Å². The molecule has 9 heteroatoms. The van der Waals surface area contributed by atoms with Crippen LogP contribution in [0.5, 0.6) is 0 Å². The van der Waals surface area contributed by atoms with Crippen LogP contribution in [-0.4, -0.2) is 42.5 Å². The van der Waals surface area contributed by atoms with Crippen LogP contribution < -0.4 is 5.73 Å². The largest absolute Gasteiger partial charge is 0.368 e. The zero-order valence-electron chi connectivity index (χ0n) is 18.5. The van der Waals surface area contributed by atoms with E-state index in [2.05, 4.69) is 31.7 Å². The van der Waals surface area contributed by atoms with Crippen molar-refractivity contribution in [3.8, 4) is 22.6 Å². The second-order valence-electron chi connectivity index (χ2n) is 8.25. The molecular weight excluding hydrogens is 437 g/mol. The van der Waals surface area contributed by atoms with E-state index in [9.17, 15) is 4.39 Å². The number of halogens is 1. The van der Waals surface area contributed by atoms with Crippen molar-refractivity contribution in [3.63, 3.8) is 0 Å². The van der Waals surface area contributed by atoms with E-state index < -0.39 is 0 Å². The maximum atomic E-state index is 13.5. The molecule has 1 fully saturated rings. The average Bonchev–Trinajstić information content (AvgIpc) is 3.47. The highest BCUT2D eigenvalue weighted by Crippen LogP contribution is 2.35. The summed E-state index contributed by atoms with van der Waals surface area (Å²) in [5.74, 6) is -0.0558. The molecule has 1 saturated heterocycles. The quantitative estimate of drug-likeness (QED) is 0.450. The molecule has 4 aromatic rings. The molecule has 4 heterocycles. The van der Waals surface area contributed by atoms with Gasteiger partial charge in [-0.05, 0) is 49.6 Å². The van der Waals surface area contributed by atoms with Gasteiger partial charge in [-0.2, -0.15) is 0 Å². The van der Waals surface area contributed by atoms with Crippen molar-refractivity contribution in [3.05, 3.63) is 64.8 Å². The van der Waals surface area contributed by atoms with Gasteiger partial charge >= 0.3 is 0 Å². The maximum Gasteiger partial charge on any atom is 0.220 e. The Balaban J connectivity index is 1.40. The molecule has 5 rings (SSSR count). The first kappa shape index (κ1) is 21.7. The standard InChI is InChI=1S/C24H26FN7S/c1-2-18-14-33-21(29-18)13-31-11-8-19(9-12-31)32-15-28-22(16-3-5-17(25)6-4-16)23(32)20-7-10-27-24(26)30-20/h3-7,10,14-15,19H,2,8-9,11-13H2,1H3,(H2,26,27,30). The summed E-state index contributed by atoms with van der Waals surface area (Å²) in [6.45, 7) is 5.01. The van der Waals surface area contributed by atoms with Crippen molar-refractivity contribution in [2.45, 2.75) is 38.8 Å². The molecule has 0 spiro atoms. The number of nitrogens with zero attached hydrogens (tertiary/aromatic N) is 6. The van der Waals surface area contributed by atoms with Gasteiger partial charge in [0.15, 0.2) is 0 Å². The highest BCUT2D eigenvalue weighted by Gasteiger charge is 2.26. The van der Waals surface area contributed by atoms with Crippen LogP contribution in [0.1, 0.15) is 36.5 Å². The first-order valence-electron chi connectivity index (χ1n) is 11.2. The van der Waals surface area contributed by atoms with Crippen LogP contribution in [0.4, 0.5) is 10.3 Å². The number of aryl methyl sites for hydroxylation is 1. The topological polar surface area (TPSA) is 85.8 Å². The van der Waals surface area contributed by atoms with E-state index in [4.69, 9.17) is 15.7 Å². The fraction of sp³-hybridized carbons (Fsp3) is 0.333. The minimum absolute atomic E-state index is 0.218. The number of likely N-dealkylation sites (tertiary alicyclic amines) is 1. The van der Waals surface area contributed by atoms with E-state index in [0.29, 0.717) is 0 Å². The number of rotatable bonds is 6. The van der Waals surface area contributed by atoms with Crippen molar-refractivity contribution >= 4 is 17.3 Å². The molecule has 0 radical (unpaired) electrons. The number of hydrogen-bond donors (Lipinski definition) is 1. The lowest BCUT2D eigenvalue weighted by Gasteiger charge is -2.32. The van der Waals surface area contributed by atoms with Crippen LogP contribution >= 0.6 is 11.3 Å².